The van der Waals surface area contributed by atoms with Crippen molar-refractivity contribution in [3.05, 3.63) is 65.3 Å². The summed E-state index contributed by atoms with van der Waals surface area (Å²) in [7, 11) is 0. The Morgan fingerprint density at radius 2 is 1.94 bits per heavy atom. The highest BCUT2D eigenvalue weighted by Gasteiger charge is 2.63. The van der Waals surface area contributed by atoms with Gasteiger partial charge in [0.2, 0.25) is 11.8 Å². The van der Waals surface area contributed by atoms with Gasteiger partial charge in [0.15, 0.2) is 0 Å². The second-order valence-electron chi connectivity index (χ2n) is 8.19. The van der Waals surface area contributed by atoms with Gasteiger partial charge in [-0.15, -0.1) is 6.58 Å². The number of amides is 1. The Morgan fingerprint density at radius 1 is 1.24 bits per heavy atom. The van der Waals surface area contributed by atoms with Gasteiger partial charge in [-0.05, 0) is 33.3 Å². The molecule has 2 aliphatic rings. The number of rotatable bonds is 8. The SMILES string of the molecule is C=CCN1C(=O)[C@@]2(C(C(=O)OC(C)C)=C(C)OC(N)=C2C(=O)OCCCC)c2ccccc21. The quantitative estimate of drug-likeness (QED) is 0.365. The number of hydrogen-bond donors (Lipinski definition) is 1. The van der Waals surface area contributed by atoms with E-state index in [-0.39, 0.29) is 35.9 Å². The van der Waals surface area contributed by atoms with Crippen molar-refractivity contribution in [3.8, 4) is 0 Å². The van der Waals surface area contributed by atoms with Crippen molar-refractivity contribution >= 4 is 23.5 Å². The molecule has 2 heterocycles. The largest absolute Gasteiger partial charge is 0.462 e. The molecular weight excluding hydrogens is 424 g/mol. The zero-order chi connectivity index (χ0) is 24.3. The first kappa shape index (κ1) is 24.1. The zero-order valence-electron chi connectivity index (χ0n) is 19.5. The molecule has 1 atom stereocenters. The summed E-state index contributed by atoms with van der Waals surface area (Å²) in [5.74, 6) is -2.29. The highest BCUT2D eigenvalue weighted by molar-refractivity contribution is 6.22. The van der Waals surface area contributed by atoms with Crippen LogP contribution in [0.3, 0.4) is 0 Å². The third kappa shape index (κ3) is 3.90. The maximum absolute atomic E-state index is 14.1. The van der Waals surface area contributed by atoms with Crippen LogP contribution in [0.25, 0.3) is 0 Å². The average molecular weight is 455 g/mol. The summed E-state index contributed by atoms with van der Waals surface area (Å²) in [6, 6.07) is 6.95. The lowest BCUT2D eigenvalue weighted by Crippen LogP contribution is -2.51. The van der Waals surface area contributed by atoms with Gasteiger partial charge in [0, 0.05) is 17.8 Å². The van der Waals surface area contributed by atoms with Crippen molar-refractivity contribution in [1.82, 2.24) is 0 Å². The van der Waals surface area contributed by atoms with Crippen molar-refractivity contribution in [3.63, 3.8) is 0 Å². The number of allylic oxidation sites excluding steroid dienone is 1. The number of anilines is 1. The van der Waals surface area contributed by atoms with E-state index < -0.39 is 29.4 Å². The summed E-state index contributed by atoms with van der Waals surface area (Å²) in [5, 5.41) is 0. The molecule has 1 amide bonds. The van der Waals surface area contributed by atoms with Crippen LogP contribution in [-0.2, 0) is 34.0 Å². The number of unbranched alkanes of at least 4 members (excludes halogenated alkanes) is 1. The molecule has 176 valence electrons. The number of ether oxygens (including phenoxy) is 3. The van der Waals surface area contributed by atoms with Crippen molar-refractivity contribution in [2.75, 3.05) is 18.1 Å². The first-order chi connectivity index (χ1) is 15.7. The molecule has 33 heavy (non-hydrogen) atoms. The van der Waals surface area contributed by atoms with Gasteiger partial charge in [0.25, 0.3) is 0 Å². The van der Waals surface area contributed by atoms with Gasteiger partial charge in [0.1, 0.15) is 22.3 Å². The fourth-order valence-corrected chi connectivity index (χ4v) is 4.29. The standard InChI is InChI=1S/C25H30N2O6/c1-6-8-14-31-22(28)20-21(26)33-16(5)19(23(29)32-15(3)4)25(20)17-11-9-10-12-18(17)27(13-7-2)24(25)30/h7,9-12,15H,2,6,8,13-14,26H2,1,3-5H3/t25-/m1/s1. The summed E-state index contributed by atoms with van der Waals surface area (Å²) in [6.45, 7) is 10.9. The van der Waals surface area contributed by atoms with Crippen LogP contribution >= 0.6 is 0 Å². The van der Waals surface area contributed by atoms with E-state index in [0.29, 0.717) is 17.7 Å². The van der Waals surface area contributed by atoms with E-state index in [1.54, 1.807) is 44.2 Å². The van der Waals surface area contributed by atoms with Crippen molar-refractivity contribution in [1.29, 1.82) is 0 Å². The van der Waals surface area contributed by atoms with Gasteiger partial charge in [-0.2, -0.15) is 0 Å². The van der Waals surface area contributed by atoms with Crippen LogP contribution in [0.15, 0.2) is 59.7 Å². The zero-order valence-corrected chi connectivity index (χ0v) is 19.5. The van der Waals surface area contributed by atoms with Crippen molar-refractivity contribution in [2.24, 2.45) is 5.73 Å². The monoisotopic (exact) mass is 454 g/mol. The lowest BCUT2D eigenvalue weighted by Gasteiger charge is -2.36. The smallest absolute Gasteiger partial charge is 0.341 e. The van der Waals surface area contributed by atoms with Crippen LogP contribution in [0.5, 0.6) is 0 Å². The highest BCUT2D eigenvalue weighted by Crippen LogP contribution is 2.54. The number of esters is 2. The number of benzene rings is 1. The number of fused-ring (bicyclic) bond motifs is 2. The van der Waals surface area contributed by atoms with Gasteiger partial charge < -0.3 is 24.8 Å². The number of nitrogens with zero attached hydrogens (tertiary/aromatic N) is 1. The van der Waals surface area contributed by atoms with Crippen molar-refractivity contribution < 1.29 is 28.6 Å². The molecule has 0 aliphatic carbocycles. The van der Waals surface area contributed by atoms with Crippen LogP contribution in [-0.4, -0.2) is 37.1 Å². The second kappa shape index (κ2) is 9.52. The molecule has 0 unspecified atom stereocenters. The number of hydrogen-bond acceptors (Lipinski definition) is 7. The van der Waals surface area contributed by atoms with Gasteiger partial charge in [-0.25, -0.2) is 9.59 Å². The molecule has 3 rings (SSSR count). The Labute approximate surface area is 193 Å². The topological polar surface area (TPSA) is 108 Å². The predicted molar refractivity (Wildman–Crippen MR) is 123 cm³/mol. The Bertz CT molecular complexity index is 1050. The van der Waals surface area contributed by atoms with E-state index in [1.165, 1.54) is 11.8 Å². The summed E-state index contributed by atoms with van der Waals surface area (Å²) < 4.78 is 16.6. The highest BCUT2D eigenvalue weighted by atomic mass is 16.6. The number of carbonyl (C=O) groups excluding carboxylic acids is 3. The van der Waals surface area contributed by atoms with Gasteiger partial charge >= 0.3 is 11.9 Å². The van der Waals surface area contributed by atoms with Crippen LogP contribution in [0, 0.1) is 0 Å². The minimum absolute atomic E-state index is 0.0862. The maximum Gasteiger partial charge on any atom is 0.341 e. The van der Waals surface area contributed by atoms with E-state index in [2.05, 4.69) is 6.58 Å². The second-order valence-corrected chi connectivity index (χ2v) is 8.19. The lowest BCUT2D eigenvalue weighted by atomic mass is 9.67. The van der Waals surface area contributed by atoms with E-state index in [4.69, 9.17) is 19.9 Å². The summed E-state index contributed by atoms with van der Waals surface area (Å²) in [4.78, 5) is 42.3. The third-order valence-electron chi connectivity index (χ3n) is 5.57. The minimum Gasteiger partial charge on any atom is -0.462 e. The van der Waals surface area contributed by atoms with Gasteiger partial charge in [-0.3, -0.25) is 4.79 Å². The first-order valence-corrected chi connectivity index (χ1v) is 11.0. The number of para-hydroxylation sites is 1. The van der Waals surface area contributed by atoms with Crippen LogP contribution < -0.4 is 10.6 Å². The van der Waals surface area contributed by atoms with Crippen LogP contribution in [0.2, 0.25) is 0 Å². The molecule has 2 aliphatic heterocycles. The Balaban J connectivity index is 2.33. The molecule has 1 aromatic rings. The molecule has 0 aromatic heterocycles. The summed E-state index contributed by atoms with van der Waals surface area (Å²) >= 11 is 0. The Morgan fingerprint density at radius 3 is 2.58 bits per heavy atom. The molecule has 8 heteroatoms. The van der Waals surface area contributed by atoms with Gasteiger partial charge in [0.05, 0.1) is 12.7 Å². The molecular formula is C25H30N2O6. The van der Waals surface area contributed by atoms with E-state index in [1.807, 2.05) is 6.92 Å². The lowest BCUT2D eigenvalue weighted by molar-refractivity contribution is -0.146. The van der Waals surface area contributed by atoms with Gasteiger partial charge in [-0.1, -0.05) is 37.6 Å². The molecule has 0 radical (unpaired) electrons. The van der Waals surface area contributed by atoms with Crippen LogP contribution in [0.1, 0.15) is 46.1 Å². The molecule has 0 bridgehead atoms. The molecule has 0 saturated carbocycles. The third-order valence-corrected chi connectivity index (χ3v) is 5.57. The van der Waals surface area contributed by atoms with E-state index >= 15 is 0 Å². The van der Waals surface area contributed by atoms with Crippen molar-refractivity contribution in [2.45, 2.75) is 52.1 Å². The average Bonchev–Trinajstić information content (AvgIpc) is 2.97. The number of nitrogens with two attached hydrogens (primary N) is 1. The molecule has 1 spiro atoms. The molecule has 2 N–H and O–H groups in total. The molecule has 8 nitrogen and oxygen atoms in total. The fraction of sp³-hybridized carbons (Fsp3) is 0.400. The molecule has 0 fully saturated rings. The molecule has 1 aromatic carbocycles. The molecule has 0 saturated heterocycles. The normalized spacial score (nSPS) is 19.7. The predicted octanol–water partition coefficient (Wildman–Crippen LogP) is 3.23. The van der Waals surface area contributed by atoms with E-state index in [0.717, 1.165) is 6.42 Å². The Hall–Kier alpha value is -3.55. The summed E-state index contributed by atoms with van der Waals surface area (Å²) in [5.41, 5.74) is 5.02. The maximum atomic E-state index is 14.1. The summed E-state index contributed by atoms with van der Waals surface area (Å²) in [6.07, 6.45) is 2.55. The van der Waals surface area contributed by atoms with E-state index in [9.17, 15) is 14.4 Å². The minimum atomic E-state index is -1.86. The van der Waals surface area contributed by atoms with Crippen LogP contribution in [0.4, 0.5) is 5.69 Å². The number of carbonyl (C=O) groups is 3. The Kier molecular flexibility index (Phi) is 6.95. The fourth-order valence-electron chi connectivity index (χ4n) is 4.29. The first-order valence-electron chi connectivity index (χ1n) is 11.0.